The molecule has 9 nitrogen and oxygen atoms in total. The minimum absolute atomic E-state index is 0. The molecule has 0 aliphatic rings. The second kappa shape index (κ2) is 11.2. The quantitative estimate of drug-likeness (QED) is 0.309. The van der Waals surface area contributed by atoms with E-state index in [1.807, 2.05) is 63.4 Å². The Kier molecular flexibility index (Phi) is 9.60. The molecule has 0 aliphatic heterocycles. The second-order valence-corrected chi connectivity index (χ2v) is 7.85. The van der Waals surface area contributed by atoms with Crippen molar-refractivity contribution in [3.8, 4) is 0 Å². The maximum Gasteiger partial charge on any atom is 0.407 e. The SMILES string of the molecule is CN=C(NCc1nnc2ccccn12)NCC(NC(=O)OC(C)(C)C)C(C)C.I. The average molecular weight is 517 g/mol. The monoisotopic (exact) mass is 517 g/mol. The molecule has 1 atom stereocenters. The van der Waals surface area contributed by atoms with Gasteiger partial charge in [-0.2, -0.15) is 0 Å². The van der Waals surface area contributed by atoms with Crippen molar-refractivity contribution in [3.05, 3.63) is 30.2 Å². The highest BCUT2D eigenvalue weighted by Gasteiger charge is 2.21. The van der Waals surface area contributed by atoms with Gasteiger partial charge in [0.15, 0.2) is 17.4 Å². The molecule has 0 fully saturated rings. The van der Waals surface area contributed by atoms with Crippen molar-refractivity contribution in [2.24, 2.45) is 10.9 Å². The summed E-state index contributed by atoms with van der Waals surface area (Å²) in [5, 5.41) is 17.7. The summed E-state index contributed by atoms with van der Waals surface area (Å²) in [7, 11) is 1.70. The lowest BCUT2D eigenvalue weighted by atomic mass is 10.0. The van der Waals surface area contributed by atoms with Crippen LogP contribution in [0.25, 0.3) is 5.65 Å². The summed E-state index contributed by atoms with van der Waals surface area (Å²) in [6.07, 6.45) is 1.49. The van der Waals surface area contributed by atoms with Crippen LogP contribution >= 0.6 is 24.0 Å². The topological polar surface area (TPSA) is 105 Å². The number of nitrogens with one attached hydrogen (secondary N) is 3. The number of carbonyl (C=O) groups is 1. The van der Waals surface area contributed by atoms with Crippen molar-refractivity contribution in [1.82, 2.24) is 30.5 Å². The van der Waals surface area contributed by atoms with Crippen LogP contribution in [0.15, 0.2) is 29.4 Å². The van der Waals surface area contributed by atoms with Crippen LogP contribution in [0.1, 0.15) is 40.4 Å². The molecule has 0 radical (unpaired) electrons. The van der Waals surface area contributed by atoms with Gasteiger partial charge in [0.2, 0.25) is 0 Å². The summed E-state index contributed by atoms with van der Waals surface area (Å²) in [6, 6.07) is 5.65. The van der Waals surface area contributed by atoms with Crippen LogP contribution in [-0.2, 0) is 11.3 Å². The minimum atomic E-state index is -0.530. The number of fused-ring (bicyclic) bond motifs is 1. The van der Waals surface area contributed by atoms with Crippen LogP contribution in [0.4, 0.5) is 4.79 Å². The van der Waals surface area contributed by atoms with E-state index in [0.29, 0.717) is 19.0 Å². The number of nitrogens with zero attached hydrogens (tertiary/aromatic N) is 4. The van der Waals surface area contributed by atoms with E-state index in [0.717, 1.165) is 11.5 Å². The summed E-state index contributed by atoms with van der Waals surface area (Å²) in [5.74, 6) is 1.62. The molecular weight excluding hydrogens is 485 g/mol. The van der Waals surface area contributed by atoms with Gasteiger partial charge in [-0.25, -0.2) is 4.79 Å². The summed E-state index contributed by atoms with van der Waals surface area (Å²) in [4.78, 5) is 16.3. The molecule has 162 valence electrons. The average Bonchev–Trinajstić information content (AvgIpc) is 3.02. The van der Waals surface area contributed by atoms with Gasteiger partial charge in [-0.1, -0.05) is 19.9 Å². The first-order valence-corrected chi connectivity index (χ1v) is 9.42. The maximum atomic E-state index is 12.1. The predicted molar refractivity (Wildman–Crippen MR) is 125 cm³/mol. The zero-order chi connectivity index (χ0) is 20.7. The lowest BCUT2D eigenvalue weighted by Gasteiger charge is -2.26. The third kappa shape index (κ3) is 8.03. The van der Waals surface area contributed by atoms with Gasteiger partial charge in [-0.05, 0) is 38.8 Å². The van der Waals surface area contributed by atoms with E-state index >= 15 is 0 Å². The Labute approximate surface area is 189 Å². The van der Waals surface area contributed by atoms with Gasteiger partial charge in [-0.3, -0.25) is 9.39 Å². The minimum Gasteiger partial charge on any atom is -0.444 e. The van der Waals surface area contributed by atoms with Crippen molar-refractivity contribution in [2.45, 2.75) is 52.8 Å². The lowest BCUT2D eigenvalue weighted by molar-refractivity contribution is 0.0491. The molecule has 0 spiro atoms. The molecule has 10 heteroatoms. The molecule has 2 aromatic heterocycles. The highest BCUT2D eigenvalue weighted by Crippen LogP contribution is 2.08. The Balaban J connectivity index is 0.00000420. The van der Waals surface area contributed by atoms with Gasteiger partial charge in [0.05, 0.1) is 12.6 Å². The molecule has 0 aromatic carbocycles. The Morgan fingerprint density at radius 1 is 1.24 bits per heavy atom. The molecule has 2 aromatic rings. The van der Waals surface area contributed by atoms with Crippen LogP contribution in [0.2, 0.25) is 0 Å². The smallest absolute Gasteiger partial charge is 0.407 e. The van der Waals surface area contributed by atoms with E-state index in [-0.39, 0.29) is 35.9 Å². The maximum absolute atomic E-state index is 12.1. The van der Waals surface area contributed by atoms with Crippen molar-refractivity contribution in [2.75, 3.05) is 13.6 Å². The Morgan fingerprint density at radius 3 is 2.59 bits per heavy atom. The van der Waals surface area contributed by atoms with Crippen molar-refractivity contribution >= 4 is 41.7 Å². The fourth-order valence-corrected chi connectivity index (χ4v) is 2.51. The van der Waals surface area contributed by atoms with Crippen LogP contribution in [0.5, 0.6) is 0 Å². The number of hydrogen-bond acceptors (Lipinski definition) is 5. The predicted octanol–water partition coefficient (Wildman–Crippen LogP) is 2.56. The van der Waals surface area contributed by atoms with Gasteiger partial charge in [0.25, 0.3) is 0 Å². The molecule has 2 heterocycles. The number of alkyl carbamates (subject to hydrolysis) is 1. The third-order valence-corrected chi connectivity index (χ3v) is 4.02. The van der Waals surface area contributed by atoms with E-state index < -0.39 is 11.7 Å². The molecule has 0 aliphatic carbocycles. The fourth-order valence-electron chi connectivity index (χ4n) is 2.51. The zero-order valence-electron chi connectivity index (χ0n) is 17.9. The largest absolute Gasteiger partial charge is 0.444 e. The Bertz CT molecular complexity index is 814. The number of aliphatic imine (C=N–C) groups is 1. The summed E-state index contributed by atoms with van der Waals surface area (Å²) >= 11 is 0. The normalized spacial score (nSPS) is 13.0. The van der Waals surface area contributed by atoms with Gasteiger partial charge in [0.1, 0.15) is 5.60 Å². The molecule has 0 bridgehead atoms. The first kappa shape index (κ1) is 24.9. The van der Waals surface area contributed by atoms with Crippen LogP contribution < -0.4 is 16.0 Å². The van der Waals surface area contributed by atoms with E-state index in [2.05, 4.69) is 31.1 Å². The van der Waals surface area contributed by atoms with Crippen molar-refractivity contribution in [3.63, 3.8) is 0 Å². The van der Waals surface area contributed by atoms with Gasteiger partial charge in [-0.15, -0.1) is 34.2 Å². The number of hydrogen-bond donors (Lipinski definition) is 3. The number of ether oxygens (including phenoxy) is 1. The highest BCUT2D eigenvalue weighted by atomic mass is 127. The molecule has 0 saturated carbocycles. The fraction of sp³-hybridized carbons (Fsp3) is 0.579. The molecule has 3 N–H and O–H groups in total. The Morgan fingerprint density at radius 2 is 1.97 bits per heavy atom. The Hall–Kier alpha value is -2.11. The number of rotatable bonds is 6. The molecule has 0 saturated heterocycles. The summed E-state index contributed by atoms with van der Waals surface area (Å²) in [5.41, 5.74) is 0.265. The second-order valence-electron chi connectivity index (χ2n) is 7.85. The molecule has 29 heavy (non-hydrogen) atoms. The van der Waals surface area contributed by atoms with Crippen LogP contribution in [0.3, 0.4) is 0 Å². The van der Waals surface area contributed by atoms with E-state index in [1.54, 1.807) is 7.05 Å². The number of carbonyl (C=O) groups excluding carboxylic acids is 1. The molecule has 1 unspecified atom stereocenters. The van der Waals surface area contributed by atoms with Crippen molar-refractivity contribution < 1.29 is 9.53 Å². The van der Waals surface area contributed by atoms with Crippen LogP contribution in [-0.4, -0.2) is 51.9 Å². The first-order chi connectivity index (χ1) is 13.2. The molecule has 2 rings (SSSR count). The number of pyridine rings is 1. The number of amides is 1. The first-order valence-electron chi connectivity index (χ1n) is 9.42. The zero-order valence-corrected chi connectivity index (χ0v) is 20.2. The molecule has 1 amide bonds. The van der Waals surface area contributed by atoms with Crippen molar-refractivity contribution in [1.29, 1.82) is 0 Å². The number of halogens is 1. The third-order valence-electron chi connectivity index (χ3n) is 4.02. The summed E-state index contributed by atoms with van der Waals surface area (Å²) in [6.45, 7) is 10.6. The van der Waals surface area contributed by atoms with E-state index in [9.17, 15) is 4.79 Å². The molecular formula is C19H32IN7O2. The van der Waals surface area contributed by atoms with Gasteiger partial charge < -0.3 is 20.7 Å². The standard InChI is InChI=1S/C19H31N7O2.HI/c1-13(2)14(23-18(27)28-19(3,4)5)11-21-17(20-6)22-12-16-25-24-15-9-7-8-10-26(15)16;/h7-10,13-14H,11-12H2,1-6H3,(H,23,27)(H2,20,21,22);1H. The van der Waals surface area contributed by atoms with E-state index in [1.165, 1.54) is 0 Å². The number of aromatic nitrogens is 3. The summed E-state index contributed by atoms with van der Waals surface area (Å²) < 4.78 is 7.27. The number of guanidine groups is 1. The van der Waals surface area contributed by atoms with Gasteiger partial charge in [0, 0.05) is 19.8 Å². The van der Waals surface area contributed by atoms with Gasteiger partial charge >= 0.3 is 6.09 Å². The van der Waals surface area contributed by atoms with E-state index in [4.69, 9.17) is 4.74 Å². The lowest BCUT2D eigenvalue weighted by Crippen LogP contribution is -2.50. The van der Waals surface area contributed by atoms with Crippen LogP contribution in [0, 0.1) is 5.92 Å². The highest BCUT2D eigenvalue weighted by molar-refractivity contribution is 14.0.